The summed E-state index contributed by atoms with van der Waals surface area (Å²) >= 11 is 0.778. The Kier molecular flexibility index (Phi) is 4.71. The molecule has 1 saturated carbocycles. The fourth-order valence-corrected chi connectivity index (χ4v) is 5.76. The topological polar surface area (TPSA) is 70.2 Å². The number of H-pyrrole nitrogens is 1. The Balaban J connectivity index is 2.18. The molecule has 0 amide bonds. The van der Waals surface area contributed by atoms with Crippen LogP contribution in [-0.2, 0) is 10.0 Å². The SMILES string of the molecule is CCC1CCC(N(C)S(=O)(=O)c2sc(=O)[nH]c2C)CC1. The molecule has 1 aromatic rings. The summed E-state index contributed by atoms with van der Waals surface area (Å²) in [6, 6.07) is 0.0550. The summed E-state index contributed by atoms with van der Waals surface area (Å²) in [7, 11) is -1.92. The molecule has 0 atom stereocenters. The summed E-state index contributed by atoms with van der Waals surface area (Å²) in [6.45, 7) is 3.82. The minimum Gasteiger partial charge on any atom is -0.315 e. The van der Waals surface area contributed by atoms with E-state index in [2.05, 4.69) is 11.9 Å². The minimum absolute atomic E-state index is 0.0550. The second-order valence-electron chi connectivity index (χ2n) is 5.53. The lowest BCUT2D eigenvalue weighted by Gasteiger charge is -2.33. The van der Waals surface area contributed by atoms with Gasteiger partial charge in [-0.1, -0.05) is 24.7 Å². The van der Waals surface area contributed by atoms with Crippen LogP contribution < -0.4 is 4.87 Å². The number of aromatic amines is 1. The highest BCUT2D eigenvalue weighted by Crippen LogP contribution is 2.32. The zero-order chi connectivity index (χ0) is 14.9. The molecule has 0 spiro atoms. The van der Waals surface area contributed by atoms with Crippen molar-refractivity contribution in [1.82, 2.24) is 9.29 Å². The third-order valence-electron chi connectivity index (χ3n) is 4.30. The summed E-state index contributed by atoms with van der Waals surface area (Å²) in [5.74, 6) is 0.729. The Bertz CT molecular complexity index is 610. The van der Waals surface area contributed by atoms with E-state index in [1.165, 1.54) is 10.7 Å². The lowest BCUT2D eigenvalue weighted by molar-refractivity contribution is 0.233. The first-order valence-electron chi connectivity index (χ1n) is 7.04. The highest BCUT2D eigenvalue weighted by Gasteiger charge is 2.33. The highest BCUT2D eigenvalue weighted by atomic mass is 32.2. The summed E-state index contributed by atoms with van der Waals surface area (Å²) in [5.41, 5.74) is 0.439. The van der Waals surface area contributed by atoms with Crippen LogP contribution in [0.2, 0.25) is 0 Å². The van der Waals surface area contributed by atoms with Gasteiger partial charge >= 0.3 is 4.87 Å². The molecule has 0 unspecified atom stereocenters. The molecule has 5 nitrogen and oxygen atoms in total. The first kappa shape index (κ1) is 15.7. The molecule has 1 heterocycles. The van der Waals surface area contributed by atoms with Crippen LogP contribution in [-0.4, -0.2) is 30.8 Å². The molecular formula is C13H22N2O3S2. The van der Waals surface area contributed by atoms with Crippen molar-refractivity contribution in [2.24, 2.45) is 5.92 Å². The molecule has 0 aromatic carbocycles. The highest BCUT2D eigenvalue weighted by molar-refractivity contribution is 7.91. The average Bonchev–Trinajstić information content (AvgIpc) is 2.77. The molecule has 1 aromatic heterocycles. The van der Waals surface area contributed by atoms with Crippen molar-refractivity contribution in [2.75, 3.05) is 7.05 Å². The Morgan fingerprint density at radius 1 is 1.30 bits per heavy atom. The largest absolute Gasteiger partial charge is 0.315 e. The van der Waals surface area contributed by atoms with E-state index in [0.29, 0.717) is 5.69 Å². The number of thiazole rings is 1. The lowest BCUT2D eigenvalue weighted by atomic mass is 9.85. The van der Waals surface area contributed by atoms with Crippen molar-refractivity contribution >= 4 is 21.4 Å². The molecule has 0 radical (unpaired) electrons. The first-order valence-corrected chi connectivity index (χ1v) is 9.29. The van der Waals surface area contributed by atoms with Crippen LogP contribution in [0.5, 0.6) is 0 Å². The third-order valence-corrected chi connectivity index (χ3v) is 7.79. The number of rotatable bonds is 4. The lowest BCUT2D eigenvalue weighted by Crippen LogP contribution is -2.39. The van der Waals surface area contributed by atoms with Gasteiger partial charge in [0.1, 0.15) is 0 Å². The van der Waals surface area contributed by atoms with Gasteiger partial charge in [-0.2, -0.15) is 4.31 Å². The molecule has 1 N–H and O–H groups in total. The number of aromatic nitrogens is 1. The van der Waals surface area contributed by atoms with Gasteiger partial charge in [-0.3, -0.25) is 4.79 Å². The molecule has 1 fully saturated rings. The summed E-state index contributed by atoms with van der Waals surface area (Å²) in [6.07, 6.45) is 5.16. The molecule has 2 rings (SSSR count). The number of hydrogen-bond acceptors (Lipinski definition) is 4. The van der Waals surface area contributed by atoms with Crippen LogP contribution in [0.3, 0.4) is 0 Å². The van der Waals surface area contributed by atoms with Gasteiger partial charge in [0, 0.05) is 18.8 Å². The standard InChI is InChI=1S/C13H22N2O3S2/c1-4-10-5-7-11(8-6-10)15(3)20(17,18)12-9(2)14-13(16)19-12/h10-11H,4-8H2,1-3H3,(H,14,16). The van der Waals surface area contributed by atoms with Crippen molar-refractivity contribution in [3.8, 4) is 0 Å². The van der Waals surface area contributed by atoms with Crippen LogP contribution in [0.1, 0.15) is 44.7 Å². The number of sulfonamides is 1. The second kappa shape index (κ2) is 5.99. The molecular weight excluding hydrogens is 296 g/mol. The average molecular weight is 318 g/mol. The normalized spacial score (nSPS) is 24.2. The fraction of sp³-hybridized carbons (Fsp3) is 0.769. The molecule has 20 heavy (non-hydrogen) atoms. The molecule has 7 heteroatoms. The van der Waals surface area contributed by atoms with E-state index < -0.39 is 10.0 Å². The van der Waals surface area contributed by atoms with E-state index in [9.17, 15) is 13.2 Å². The van der Waals surface area contributed by atoms with Gasteiger partial charge in [0.05, 0.1) is 0 Å². The van der Waals surface area contributed by atoms with Gasteiger partial charge in [-0.25, -0.2) is 8.42 Å². The summed E-state index contributed by atoms with van der Waals surface area (Å²) in [4.78, 5) is 13.5. The van der Waals surface area contributed by atoms with Crippen molar-refractivity contribution < 1.29 is 8.42 Å². The fourth-order valence-electron chi connectivity index (χ4n) is 2.88. The van der Waals surface area contributed by atoms with E-state index >= 15 is 0 Å². The van der Waals surface area contributed by atoms with Crippen molar-refractivity contribution in [3.05, 3.63) is 15.4 Å². The number of nitrogens with one attached hydrogen (secondary N) is 1. The molecule has 0 aliphatic heterocycles. The maximum Gasteiger partial charge on any atom is 0.305 e. The van der Waals surface area contributed by atoms with Gasteiger partial charge < -0.3 is 4.98 Å². The van der Waals surface area contributed by atoms with Gasteiger partial charge in [0.2, 0.25) is 0 Å². The molecule has 1 aliphatic carbocycles. The predicted octanol–water partition coefficient (Wildman–Crippen LogP) is 2.33. The van der Waals surface area contributed by atoms with Crippen LogP contribution >= 0.6 is 11.3 Å². The number of aryl methyl sites for hydroxylation is 1. The van der Waals surface area contributed by atoms with Crippen molar-refractivity contribution in [1.29, 1.82) is 0 Å². The zero-order valence-electron chi connectivity index (χ0n) is 12.2. The van der Waals surface area contributed by atoms with Crippen LogP contribution in [0.4, 0.5) is 0 Å². The smallest absolute Gasteiger partial charge is 0.305 e. The van der Waals surface area contributed by atoms with E-state index in [0.717, 1.165) is 42.9 Å². The first-order chi connectivity index (χ1) is 9.36. The van der Waals surface area contributed by atoms with E-state index in [1.807, 2.05) is 0 Å². The van der Waals surface area contributed by atoms with E-state index in [-0.39, 0.29) is 15.1 Å². The van der Waals surface area contributed by atoms with Crippen molar-refractivity contribution in [2.45, 2.75) is 56.2 Å². The minimum atomic E-state index is -3.55. The maximum absolute atomic E-state index is 12.6. The molecule has 1 aliphatic rings. The van der Waals surface area contributed by atoms with Gasteiger partial charge in [-0.15, -0.1) is 0 Å². The van der Waals surface area contributed by atoms with Crippen LogP contribution in [0.25, 0.3) is 0 Å². The van der Waals surface area contributed by atoms with Gasteiger partial charge in [0.15, 0.2) is 4.21 Å². The Morgan fingerprint density at radius 2 is 1.90 bits per heavy atom. The summed E-state index contributed by atoms with van der Waals surface area (Å²) < 4.78 is 26.8. The molecule has 0 bridgehead atoms. The Morgan fingerprint density at radius 3 is 2.35 bits per heavy atom. The van der Waals surface area contributed by atoms with Gasteiger partial charge in [0.25, 0.3) is 10.0 Å². The Labute approximate surface area is 124 Å². The van der Waals surface area contributed by atoms with E-state index in [4.69, 9.17) is 0 Å². The monoisotopic (exact) mass is 318 g/mol. The molecule has 0 saturated heterocycles. The predicted molar refractivity (Wildman–Crippen MR) is 80.7 cm³/mol. The van der Waals surface area contributed by atoms with Crippen molar-refractivity contribution in [3.63, 3.8) is 0 Å². The number of hydrogen-bond donors (Lipinski definition) is 1. The Hall–Kier alpha value is -0.660. The van der Waals surface area contributed by atoms with Gasteiger partial charge in [-0.05, 0) is 38.5 Å². The van der Waals surface area contributed by atoms with Crippen LogP contribution in [0.15, 0.2) is 9.00 Å². The molecule has 114 valence electrons. The number of nitrogens with zero attached hydrogens (tertiary/aromatic N) is 1. The maximum atomic E-state index is 12.6. The zero-order valence-corrected chi connectivity index (χ0v) is 13.8. The second-order valence-corrected chi connectivity index (χ2v) is 8.71. The van der Waals surface area contributed by atoms with E-state index in [1.54, 1.807) is 14.0 Å². The van der Waals surface area contributed by atoms with Crippen LogP contribution in [0, 0.1) is 12.8 Å². The quantitative estimate of drug-likeness (QED) is 0.926. The third kappa shape index (κ3) is 2.99. The summed E-state index contributed by atoms with van der Waals surface area (Å²) in [5, 5.41) is 0.